The highest BCUT2D eigenvalue weighted by Crippen LogP contribution is 2.27. The molecule has 0 aliphatic carbocycles. The van der Waals surface area contributed by atoms with Crippen LogP contribution in [0.25, 0.3) is 5.69 Å². The first-order chi connectivity index (χ1) is 14.5. The average molecular weight is 402 g/mol. The summed E-state index contributed by atoms with van der Waals surface area (Å²) in [5, 5.41) is 4.39. The smallest absolute Gasteiger partial charge is 0.228 e. The zero-order valence-electron chi connectivity index (χ0n) is 17.4. The Balaban J connectivity index is 1.39. The minimum absolute atomic E-state index is 0.00268. The van der Waals surface area contributed by atoms with Crippen LogP contribution in [-0.4, -0.2) is 40.1 Å². The summed E-state index contributed by atoms with van der Waals surface area (Å²) in [6.07, 6.45) is 4.92. The van der Waals surface area contributed by atoms with Crippen LogP contribution in [0.4, 0.5) is 5.69 Å². The molecule has 1 fully saturated rings. The third-order valence-corrected chi connectivity index (χ3v) is 5.58. The van der Waals surface area contributed by atoms with Crippen LogP contribution in [-0.2, 0) is 22.6 Å². The Hall–Kier alpha value is -3.41. The van der Waals surface area contributed by atoms with Gasteiger partial charge in [0.05, 0.1) is 17.8 Å². The van der Waals surface area contributed by atoms with E-state index in [1.165, 1.54) is 5.56 Å². The molecule has 1 aliphatic heterocycles. The summed E-state index contributed by atoms with van der Waals surface area (Å²) in [4.78, 5) is 28.9. The number of rotatable bonds is 6. The summed E-state index contributed by atoms with van der Waals surface area (Å²) in [5.41, 5.74) is 4.02. The molecule has 0 N–H and O–H groups in total. The van der Waals surface area contributed by atoms with E-state index >= 15 is 0 Å². The lowest BCUT2D eigenvalue weighted by atomic mass is 10.1. The van der Waals surface area contributed by atoms with E-state index in [4.69, 9.17) is 0 Å². The van der Waals surface area contributed by atoms with Gasteiger partial charge in [-0.1, -0.05) is 37.3 Å². The highest BCUT2D eigenvalue weighted by molar-refractivity contribution is 6.00. The molecule has 1 atom stereocenters. The van der Waals surface area contributed by atoms with Gasteiger partial charge >= 0.3 is 0 Å². The van der Waals surface area contributed by atoms with Gasteiger partial charge in [-0.05, 0) is 36.2 Å². The molecule has 0 radical (unpaired) electrons. The van der Waals surface area contributed by atoms with E-state index in [0.717, 1.165) is 23.4 Å². The molecule has 0 bridgehead atoms. The molecule has 0 saturated carbocycles. The van der Waals surface area contributed by atoms with Gasteiger partial charge < -0.3 is 9.80 Å². The van der Waals surface area contributed by atoms with Crippen molar-refractivity contribution in [2.24, 2.45) is 5.92 Å². The fourth-order valence-electron chi connectivity index (χ4n) is 3.86. The summed E-state index contributed by atoms with van der Waals surface area (Å²) in [6.45, 7) is 2.99. The molecule has 1 saturated heterocycles. The number of carbonyl (C=O) groups is 2. The maximum Gasteiger partial charge on any atom is 0.228 e. The van der Waals surface area contributed by atoms with Crippen molar-refractivity contribution in [3.05, 3.63) is 78.1 Å². The second kappa shape index (κ2) is 8.53. The van der Waals surface area contributed by atoms with Gasteiger partial charge in [0.25, 0.3) is 0 Å². The van der Waals surface area contributed by atoms with Crippen LogP contribution >= 0.6 is 0 Å². The Morgan fingerprint density at radius 3 is 2.50 bits per heavy atom. The van der Waals surface area contributed by atoms with Gasteiger partial charge in [-0.3, -0.25) is 9.59 Å². The fraction of sp³-hybridized carbons (Fsp3) is 0.292. The van der Waals surface area contributed by atoms with Crippen molar-refractivity contribution >= 4 is 17.5 Å². The molecular weight excluding hydrogens is 376 g/mol. The van der Waals surface area contributed by atoms with Crippen molar-refractivity contribution in [3.8, 4) is 5.69 Å². The molecule has 6 heteroatoms. The van der Waals surface area contributed by atoms with E-state index in [1.54, 1.807) is 27.7 Å². The van der Waals surface area contributed by atoms with Gasteiger partial charge in [-0.25, -0.2) is 4.68 Å². The molecule has 2 heterocycles. The number of anilines is 1. The van der Waals surface area contributed by atoms with E-state index < -0.39 is 0 Å². The van der Waals surface area contributed by atoms with Crippen molar-refractivity contribution in [3.63, 3.8) is 0 Å². The number of aryl methyl sites for hydroxylation is 1. The van der Waals surface area contributed by atoms with Crippen LogP contribution in [0, 0.1) is 5.92 Å². The van der Waals surface area contributed by atoms with E-state index in [1.807, 2.05) is 60.8 Å². The topological polar surface area (TPSA) is 58.4 Å². The van der Waals surface area contributed by atoms with Gasteiger partial charge in [0, 0.05) is 44.0 Å². The summed E-state index contributed by atoms with van der Waals surface area (Å²) < 4.78 is 1.80. The first-order valence-corrected chi connectivity index (χ1v) is 10.3. The second-order valence-electron chi connectivity index (χ2n) is 7.75. The first kappa shape index (κ1) is 19.9. The van der Waals surface area contributed by atoms with E-state index in [9.17, 15) is 9.59 Å². The van der Waals surface area contributed by atoms with Crippen LogP contribution in [0.2, 0.25) is 0 Å². The molecular formula is C24H26N4O2. The first-order valence-electron chi connectivity index (χ1n) is 10.3. The molecule has 30 heavy (non-hydrogen) atoms. The van der Waals surface area contributed by atoms with Crippen molar-refractivity contribution in [1.29, 1.82) is 0 Å². The number of aromatic nitrogens is 2. The number of amides is 2. The highest BCUT2D eigenvalue weighted by Gasteiger charge is 2.36. The highest BCUT2D eigenvalue weighted by atomic mass is 16.2. The van der Waals surface area contributed by atoms with Gasteiger partial charge in [0.15, 0.2) is 0 Å². The Labute approximate surface area is 176 Å². The van der Waals surface area contributed by atoms with Crippen LogP contribution in [0.15, 0.2) is 67.0 Å². The monoisotopic (exact) mass is 402 g/mol. The number of hydrogen-bond donors (Lipinski definition) is 0. The molecule has 3 aromatic rings. The van der Waals surface area contributed by atoms with Crippen LogP contribution < -0.4 is 4.90 Å². The van der Waals surface area contributed by atoms with Gasteiger partial charge in [-0.15, -0.1) is 0 Å². The molecule has 4 rings (SSSR count). The fourth-order valence-corrected chi connectivity index (χ4v) is 3.86. The average Bonchev–Trinajstić information content (AvgIpc) is 3.40. The number of benzene rings is 2. The third-order valence-electron chi connectivity index (χ3n) is 5.58. The van der Waals surface area contributed by atoms with Crippen molar-refractivity contribution < 1.29 is 9.59 Å². The maximum absolute atomic E-state index is 13.0. The molecule has 1 aromatic heterocycles. The summed E-state index contributed by atoms with van der Waals surface area (Å²) in [6, 6.07) is 17.9. The lowest BCUT2D eigenvalue weighted by Crippen LogP contribution is -2.34. The Kier molecular flexibility index (Phi) is 5.65. The third kappa shape index (κ3) is 4.13. The molecule has 1 unspecified atom stereocenters. The standard InChI is InChI=1S/C24H26N4O2/c1-3-18-9-11-21(12-10-18)27-17-20(13-23(27)29)24(30)26(2)15-19-14-25-28(16-19)22-7-5-4-6-8-22/h4-12,14,16,20H,3,13,15,17H2,1-2H3. The van der Waals surface area contributed by atoms with E-state index in [-0.39, 0.29) is 24.2 Å². The Morgan fingerprint density at radius 2 is 1.80 bits per heavy atom. The quantitative estimate of drug-likeness (QED) is 0.635. The van der Waals surface area contributed by atoms with Crippen LogP contribution in [0.1, 0.15) is 24.5 Å². The van der Waals surface area contributed by atoms with Crippen molar-refractivity contribution in [2.45, 2.75) is 26.3 Å². The van der Waals surface area contributed by atoms with Crippen LogP contribution in [0.5, 0.6) is 0 Å². The molecule has 1 aliphatic rings. The minimum Gasteiger partial charge on any atom is -0.341 e. The minimum atomic E-state index is -0.322. The van der Waals surface area contributed by atoms with Crippen LogP contribution in [0.3, 0.4) is 0 Å². The number of para-hydroxylation sites is 1. The van der Waals surface area contributed by atoms with E-state index in [2.05, 4.69) is 12.0 Å². The molecule has 154 valence electrons. The van der Waals surface area contributed by atoms with Gasteiger partial charge in [-0.2, -0.15) is 5.10 Å². The van der Waals surface area contributed by atoms with Crippen molar-refractivity contribution in [2.75, 3.05) is 18.5 Å². The summed E-state index contributed by atoms with van der Waals surface area (Å²) in [7, 11) is 1.78. The molecule has 2 amide bonds. The Morgan fingerprint density at radius 1 is 1.07 bits per heavy atom. The maximum atomic E-state index is 13.0. The number of carbonyl (C=O) groups excluding carboxylic acids is 2. The Bertz CT molecular complexity index is 1030. The normalized spacial score (nSPS) is 16.1. The van der Waals surface area contributed by atoms with E-state index in [0.29, 0.717) is 13.1 Å². The number of nitrogens with zero attached hydrogens (tertiary/aromatic N) is 4. The van der Waals surface area contributed by atoms with Crippen molar-refractivity contribution in [1.82, 2.24) is 14.7 Å². The molecule has 2 aromatic carbocycles. The SMILES string of the molecule is CCc1ccc(N2CC(C(=O)N(C)Cc3cnn(-c4ccccc4)c3)CC2=O)cc1. The zero-order chi connectivity index (χ0) is 21.1. The number of hydrogen-bond acceptors (Lipinski definition) is 3. The predicted octanol–water partition coefficient (Wildman–Crippen LogP) is 3.45. The summed E-state index contributed by atoms with van der Waals surface area (Å²) in [5.74, 6) is -0.330. The second-order valence-corrected chi connectivity index (χ2v) is 7.75. The lowest BCUT2D eigenvalue weighted by molar-refractivity contribution is -0.135. The lowest BCUT2D eigenvalue weighted by Gasteiger charge is -2.21. The molecule has 6 nitrogen and oxygen atoms in total. The largest absolute Gasteiger partial charge is 0.341 e. The van der Waals surface area contributed by atoms with Gasteiger partial charge in [0.2, 0.25) is 11.8 Å². The van der Waals surface area contributed by atoms with Gasteiger partial charge in [0.1, 0.15) is 0 Å². The summed E-state index contributed by atoms with van der Waals surface area (Å²) >= 11 is 0. The predicted molar refractivity (Wildman–Crippen MR) is 116 cm³/mol. The molecule has 0 spiro atoms. The zero-order valence-corrected chi connectivity index (χ0v) is 17.4.